The van der Waals surface area contributed by atoms with Gasteiger partial charge in [0.2, 0.25) is 5.91 Å². The first-order valence-corrected chi connectivity index (χ1v) is 9.71. The predicted molar refractivity (Wildman–Crippen MR) is 120 cm³/mol. The van der Waals surface area contributed by atoms with E-state index in [9.17, 15) is 14.0 Å². The molecule has 0 atom stereocenters. The highest BCUT2D eigenvalue weighted by molar-refractivity contribution is 5.97. The lowest BCUT2D eigenvalue weighted by Gasteiger charge is -2.11. The van der Waals surface area contributed by atoms with Gasteiger partial charge in [-0.15, -0.1) is 0 Å². The molecule has 0 radical (unpaired) electrons. The van der Waals surface area contributed by atoms with Crippen molar-refractivity contribution < 1.29 is 23.5 Å². The first-order valence-electron chi connectivity index (χ1n) is 9.71. The summed E-state index contributed by atoms with van der Waals surface area (Å²) in [5.41, 5.74) is 4.83. The number of carbonyl (C=O) groups is 2. The number of rotatable bonds is 8. The summed E-state index contributed by atoms with van der Waals surface area (Å²) in [6.07, 6.45) is 1.47. The Morgan fingerprint density at radius 3 is 2.53 bits per heavy atom. The maximum absolute atomic E-state index is 13.0. The van der Waals surface area contributed by atoms with Crippen LogP contribution in [0.15, 0.2) is 71.8 Å². The van der Waals surface area contributed by atoms with Gasteiger partial charge in [-0.05, 0) is 59.7 Å². The Morgan fingerprint density at radius 1 is 1.03 bits per heavy atom. The zero-order valence-electron chi connectivity index (χ0n) is 17.6. The third-order valence-corrected chi connectivity index (χ3v) is 4.32. The molecule has 3 aromatic rings. The van der Waals surface area contributed by atoms with Crippen molar-refractivity contribution in [2.45, 2.75) is 13.5 Å². The summed E-state index contributed by atoms with van der Waals surface area (Å²) in [4.78, 5) is 23.4. The van der Waals surface area contributed by atoms with Gasteiger partial charge in [0.25, 0.3) is 5.91 Å². The molecule has 0 saturated heterocycles. The van der Waals surface area contributed by atoms with Crippen LogP contribution in [0.1, 0.15) is 28.4 Å². The minimum atomic E-state index is -0.417. The number of hydrogen-bond acceptors (Lipinski definition) is 5. The van der Waals surface area contributed by atoms with E-state index in [-0.39, 0.29) is 18.3 Å². The van der Waals surface area contributed by atoms with E-state index in [4.69, 9.17) is 9.47 Å². The molecule has 0 aromatic heterocycles. The molecule has 0 spiro atoms. The number of hydrazone groups is 1. The molecule has 0 bridgehead atoms. The van der Waals surface area contributed by atoms with Crippen LogP contribution < -0.4 is 20.2 Å². The number of amides is 2. The van der Waals surface area contributed by atoms with Gasteiger partial charge in [-0.2, -0.15) is 5.10 Å². The lowest BCUT2D eigenvalue weighted by molar-refractivity contribution is -0.114. The molecule has 0 unspecified atom stereocenters. The Balaban J connectivity index is 1.61. The highest BCUT2D eigenvalue weighted by Crippen LogP contribution is 2.28. The van der Waals surface area contributed by atoms with Crippen molar-refractivity contribution >= 4 is 23.7 Å². The second-order valence-electron chi connectivity index (χ2n) is 6.79. The van der Waals surface area contributed by atoms with Gasteiger partial charge in [0, 0.05) is 18.2 Å². The predicted octanol–water partition coefficient (Wildman–Crippen LogP) is 4.14. The van der Waals surface area contributed by atoms with Crippen molar-refractivity contribution in [3.63, 3.8) is 0 Å². The number of anilines is 1. The fourth-order valence-corrected chi connectivity index (χ4v) is 2.80. The Hall–Kier alpha value is -4.20. The molecule has 0 aliphatic heterocycles. The van der Waals surface area contributed by atoms with Crippen molar-refractivity contribution in [3.05, 3.63) is 89.2 Å². The van der Waals surface area contributed by atoms with Crippen LogP contribution in [0.5, 0.6) is 11.5 Å². The summed E-state index contributed by atoms with van der Waals surface area (Å²) < 4.78 is 24.1. The van der Waals surface area contributed by atoms with E-state index in [2.05, 4.69) is 15.8 Å². The van der Waals surface area contributed by atoms with Gasteiger partial charge in [-0.1, -0.05) is 18.2 Å². The zero-order valence-corrected chi connectivity index (χ0v) is 17.6. The average molecular weight is 435 g/mol. The minimum absolute atomic E-state index is 0.223. The van der Waals surface area contributed by atoms with Crippen LogP contribution in [0.2, 0.25) is 0 Å². The van der Waals surface area contributed by atoms with Crippen LogP contribution >= 0.6 is 0 Å². The number of nitrogens with zero attached hydrogens (tertiary/aromatic N) is 1. The monoisotopic (exact) mass is 435 g/mol. The highest BCUT2D eigenvalue weighted by Gasteiger charge is 2.08. The molecule has 3 rings (SSSR count). The molecule has 0 saturated carbocycles. The largest absolute Gasteiger partial charge is 0.493 e. The zero-order chi connectivity index (χ0) is 22.9. The van der Waals surface area contributed by atoms with Crippen LogP contribution in [-0.4, -0.2) is 25.1 Å². The summed E-state index contributed by atoms with van der Waals surface area (Å²) in [7, 11) is 1.52. The summed E-state index contributed by atoms with van der Waals surface area (Å²) in [5, 5.41) is 6.59. The molecule has 3 aromatic carbocycles. The van der Waals surface area contributed by atoms with Crippen LogP contribution in [0.25, 0.3) is 0 Å². The van der Waals surface area contributed by atoms with E-state index in [1.807, 2.05) is 0 Å². The molecule has 0 aliphatic carbocycles. The smallest absolute Gasteiger partial charge is 0.271 e. The van der Waals surface area contributed by atoms with Crippen LogP contribution in [0.3, 0.4) is 0 Å². The molecule has 164 valence electrons. The van der Waals surface area contributed by atoms with Gasteiger partial charge < -0.3 is 14.8 Å². The number of halogens is 1. The van der Waals surface area contributed by atoms with Crippen molar-refractivity contribution in [3.8, 4) is 11.5 Å². The lowest BCUT2D eigenvalue weighted by atomic mass is 10.2. The fourth-order valence-electron chi connectivity index (χ4n) is 2.80. The molecular formula is C24H22FN3O4. The quantitative estimate of drug-likeness (QED) is 0.411. The number of ether oxygens (including phenoxy) is 2. The van der Waals surface area contributed by atoms with Gasteiger partial charge >= 0.3 is 0 Å². The van der Waals surface area contributed by atoms with E-state index in [1.54, 1.807) is 54.6 Å². The highest BCUT2D eigenvalue weighted by atomic mass is 19.1. The van der Waals surface area contributed by atoms with Crippen LogP contribution in [0.4, 0.5) is 10.1 Å². The number of nitrogens with one attached hydrogen (secondary N) is 2. The first-order chi connectivity index (χ1) is 15.4. The van der Waals surface area contributed by atoms with Crippen molar-refractivity contribution in [2.24, 2.45) is 5.10 Å². The molecule has 2 N–H and O–H groups in total. The Bertz CT molecular complexity index is 1130. The number of hydrogen-bond donors (Lipinski definition) is 2. The van der Waals surface area contributed by atoms with Crippen molar-refractivity contribution in [1.82, 2.24) is 5.43 Å². The topological polar surface area (TPSA) is 89.0 Å². The number of carbonyl (C=O) groups excluding carboxylic acids is 2. The normalized spacial score (nSPS) is 10.6. The Kier molecular flexibility index (Phi) is 7.53. The molecule has 7 nitrogen and oxygen atoms in total. The summed E-state index contributed by atoms with van der Waals surface area (Å²) in [5.74, 6) is 0.0694. The van der Waals surface area contributed by atoms with E-state index in [0.29, 0.717) is 28.3 Å². The van der Waals surface area contributed by atoms with Gasteiger partial charge in [0.15, 0.2) is 11.5 Å². The van der Waals surface area contributed by atoms with E-state index in [1.165, 1.54) is 32.4 Å². The third kappa shape index (κ3) is 6.40. The van der Waals surface area contributed by atoms with E-state index in [0.717, 1.165) is 5.56 Å². The summed E-state index contributed by atoms with van der Waals surface area (Å²) in [6, 6.07) is 17.8. The van der Waals surface area contributed by atoms with Crippen LogP contribution in [-0.2, 0) is 11.4 Å². The minimum Gasteiger partial charge on any atom is -0.493 e. The standard InChI is InChI=1S/C24H22FN3O4/c1-16(29)27-21-5-3-4-19(13-21)24(30)28-26-14-18-8-11-22(23(12-18)31-2)32-15-17-6-9-20(25)10-7-17/h3-14H,15H2,1-2H3,(H,27,29)(H,28,30)/b26-14-. The van der Waals surface area contributed by atoms with E-state index >= 15 is 0 Å². The SMILES string of the molecule is COc1cc(/C=N\NC(=O)c2cccc(NC(C)=O)c2)ccc1OCc1ccc(F)cc1. The molecule has 32 heavy (non-hydrogen) atoms. The van der Waals surface area contributed by atoms with Gasteiger partial charge in [0.05, 0.1) is 13.3 Å². The maximum Gasteiger partial charge on any atom is 0.271 e. The molecule has 2 amide bonds. The van der Waals surface area contributed by atoms with Crippen molar-refractivity contribution in [2.75, 3.05) is 12.4 Å². The molecule has 0 fully saturated rings. The number of benzene rings is 3. The lowest BCUT2D eigenvalue weighted by Crippen LogP contribution is -2.18. The van der Waals surface area contributed by atoms with Gasteiger partial charge in [-0.3, -0.25) is 9.59 Å². The van der Waals surface area contributed by atoms with Crippen molar-refractivity contribution in [1.29, 1.82) is 0 Å². The molecule has 0 aliphatic rings. The molecular weight excluding hydrogens is 413 g/mol. The van der Waals surface area contributed by atoms with Gasteiger partial charge in [0.1, 0.15) is 12.4 Å². The summed E-state index contributed by atoms with van der Waals surface area (Å²) in [6.45, 7) is 1.65. The molecule has 0 heterocycles. The second-order valence-corrected chi connectivity index (χ2v) is 6.79. The fraction of sp³-hybridized carbons (Fsp3) is 0.125. The molecule has 8 heteroatoms. The Morgan fingerprint density at radius 2 is 1.81 bits per heavy atom. The average Bonchev–Trinajstić information content (AvgIpc) is 2.78. The van der Waals surface area contributed by atoms with Gasteiger partial charge in [-0.25, -0.2) is 9.82 Å². The Labute approximate surface area is 184 Å². The van der Waals surface area contributed by atoms with Crippen LogP contribution in [0, 0.1) is 5.82 Å². The number of methoxy groups -OCH3 is 1. The second kappa shape index (κ2) is 10.7. The maximum atomic E-state index is 13.0. The third-order valence-electron chi connectivity index (χ3n) is 4.32. The summed E-state index contributed by atoms with van der Waals surface area (Å²) >= 11 is 0. The van der Waals surface area contributed by atoms with E-state index < -0.39 is 5.91 Å². The first kappa shape index (κ1) is 22.5.